The van der Waals surface area contributed by atoms with Crippen LogP contribution in [0, 0.1) is 5.92 Å². The van der Waals surface area contributed by atoms with Crippen LogP contribution < -0.4 is 5.56 Å². The Morgan fingerprint density at radius 2 is 2.35 bits per heavy atom. The van der Waals surface area contributed by atoms with Gasteiger partial charge in [-0.1, -0.05) is 0 Å². The molecule has 0 aromatic carbocycles. The highest BCUT2D eigenvalue weighted by Crippen LogP contribution is 2.41. The minimum absolute atomic E-state index is 0.0594. The molecule has 1 N–H and O–H groups in total. The van der Waals surface area contributed by atoms with E-state index in [-0.39, 0.29) is 11.7 Å². The van der Waals surface area contributed by atoms with Gasteiger partial charge in [-0.2, -0.15) is 0 Å². The first-order chi connectivity index (χ1) is 8.29. The number of H-pyrrole nitrogens is 1. The molecule has 5 heteroatoms. The second-order valence-electron chi connectivity index (χ2n) is 4.67. The summed E-state index contributed by atoms with van der Waals surface area (Å²) < 4.78 is 10.7. The van der Waals surface area contributed by atoms with E-state index < -0.39 is 0 Å². The highest BCUT2D eigenvalue weighted by Gasteiger charge is 2.34. The summed E-state index contributed by atoms with van der Waals surface area (Å²) in [6.07, 6.45) is 2.97. The van der Waals surface area contributed by atoms with Crippen molar-refractivity contribution >= 4 is 0 Å². The Morgan fingerprint density at radius 3 is 3.06 bits per heavy atom. The van der Waals surface area contributed by atoms with Crippen LogP contribution in [0.4, 0.5) is 0 Å². The molecule has 1 aromatic heterocycles. The van der Waals surface area contributed by atoms with Gasteiger partial charge >= 0.3 is 0 Å². The SMILES string of the molecule is COC(c1nc2c(c(=O)[nH]1)COCC2)C1CC1. The third-order valence-electron chi connectivity index (χ3n) is 3.42. The summed E-state index contributed by atoms with van der Waals surface area (Å²) in [5, 5.41) is 0. The molecule has 1 saturated carbocycles. The molecule has 0 bridgehead atoms. The fraction of sp³-hybridized carbons (Fsp3) is 0.667. The number of nitrogens with zero attached hydrogens (tertiary/aromatic N) is 1. The van der Waals surface area contributed by atoms with Crippen LogP contribution in [-0.2, 0) is 22.5 Å². The Hall–Kier alpha value is -1.20. The average Bonchev–Trinajstić information content (AvgIpc) is 3.15. The maximum absolute atomic E-state index is 11.9. The number of aromatic nitrogens is 2. The van der Waals surface area contributed by atoms with Gasteiger partial charge in [0.1, 0.15) is 11.9 Å². The first kappa shape index (κ1) is 10.9. The smallest absolute Gasteiger partial charge is 0.256 e. The van der Waals surface area contributed by atoms with Gasteiger partial charge in [0, 0.05) is 13.5 Å². The minimum Gasteiger partial charge on any atom is -0.376 e. The molecule has 1 aliphatic heterocycles. The summed E-state index contributed by atoms with van der Waals surface area (Å²) in [5.41, 5.74) is 1.47. The van der Waals surface area contributed by atoms with Crippen LogP contribution in [0.2, 0.25) is 0 Å². The fourth-order valence-electron chi connectivity index (χ4n) is 2.32. The lowest BCUT2D eigenvalue weighted by atomic mass is 10.1. The molecule has 5 nitrogen and oxygen atoms in total. The van der Waals surface area contributed by atoms with Crippen LogP contribution in [0.5, 0.6) is 0 Å². The van der Waals surface area contributed by atoms with Gasteiger partial charge in [-0.15, -0.1) is 0 Å². The summed E-state index contributed by atoms with van der Waals surface area (Å²) in [4.78, 5) is 19.3. The molecule has 1 unspecified atom stereocenters. The zero-order valence-corrected chi connectivity index (χ0v) is 9.86. The van der Waals surface area contributed by atoms with E-state index in [1.54, 1.807) is 7.11 Å². The highest BCUT2D eigenvalue weighted by atomic mass is 16.5. The van der Waals surface area contributed by atoms with Gasteiger partial charge in [0.25, 0.3) is 5.56 Å². The summed E-state index contributed by atoms with van der Waals surface area (Å²) >= 11 is 0. The van der Waals surface area contributed by atoms with E-state index in [1.807, 2.05) is 0 Å². The van der Waals surface area contributed by atoms with Crippen molar-refractivity contribution in [3.8, 4) is 0 Å². The van der Waals surface area contributed by atoms with Gasteiger partial charge in [0.15, 0.2) is 0 Å². The van der Waals surface area contributed by atoms with Crippen molar-refractivity contribution in [2.24, 2.45) is 5.92 Å². The molecule has 0 amide bonds. The predicted octanol–water partition coefficient (Wildman–Crippen LogP) is 0.940. The van der Waals surface area contributed by atoms with Crippen molar-refractivity contribution in [2.45, 2.75) is 32.0 Å². The Balaban J connectivity index is 2.00. The molecule has 0 radical (unpaired) electrons. The molecule has 0 saturated heterocycles. The second-order valence-corrected chi connectivity index (χ2v) is 4.67. The molecular formula is C12H16N2O3. The van der Waals surface area contributed by atoms with Crippen molar-refractivity contribution in [1.29, 1.82) is 0 Å². The quantitative estimate of drug-likeness (QED) is 0.848. The molecule has 2 heterocycles. The number of methoxy groups -OCH3 is 1. The van der Waals surface area contributed by atoms with Gasteiger partial charge < -0.3 is 14.5 Å². The number of aromatic amines is 1. The fourth-order valence-corrected chi connectivity index (χ4v) is 2.32. The second kappa shape index (κ2) is 4.23. The lowest BCUT2D eigenvalue weighted by molar-refractivity contribution is 0.0747. The molecule has 0 spiro atoms. The molecule has 1 aliphatic carbocycles. The van der Waals surface area contributed by atoms with Crippen molar-refractivity contribution in [3.63, 3.8) is 0 Å². The molecule has 1 atom stereocenters. The van der Waals surface area contributed by atoms with E-state index in [4.69, 9.17) is 9.47 Å². The van der Waals surface area contributed by atoms with E-state index >= 15 is 0 Å². The molecule has 1 fully saturated rings. The van der Waals surface area contributed by atoms with Crippen LogP contribution in [0.25, 0.3) is 0 Å². The maximum Gasteiger partial charge on any atom is 0.256 e. The van der Waals surface area contributed by atoms with Gasteiger partial charge in [0.05, 0.1) is 24.5 Å². The molecule has 17 heavy (non-hydrogen) atoms. The van der Waals surface area contributed by atoms with Gasteiger partial charge in [-0.3, -0.25) is 4.79 Å². The molecule has 2 aliphatic rings. The summed E-state index contributed by atoms with van der Waals surface area (Å²) in [7, 11) is 1.67. The minimum atomic E-state index is -0.0765. The number of ether oxygens (including phenoxy) is 2. The number of hydrogen-bond donors (Lipinski definition) is 1. The molecular weight excluding hydrogens is 220 g/mol. The molecule has 92 valence electrons. The topological polar surface area (TPSA) is 64.2 Å². The predicted molar refractivity (Wildman–Crippen MR) is 60.7 cm³/mol. The summed E-state index contributed by atoms with van der Waals surface area (Å²) in [6, 6.07) is 0. The largest absolute Gasteiger partial charge is 0.376 e. The van der Waals surface area contributed by atoms with E-state index in [2.05, 4.69) is 9.97 Å². The van der Waals surface area contributed by atoms with Crippen molar-refractivity contribution < 1.29 is 9.47 Å². The number of fused-ring (bicyclic) bond motifs is 1. The van der Waals surface area contributed by atoms with E-state index in [0.717, 1.165) is 18.5 Å². The summed E-state index contributed by atoms with van der Waals surface area (Å²) in [5.74, 6) is 1.20. The van der Waals surface area contributed by atoms with Crippen molar-refractivity contribution in [2.75, 3.05) is 13.7 Å². The van der Waals surface area contributed by atoms with Gasteiger partial charge in [0.2, 0.25) is 0 Å². The Labute approximate surface area is 99.2 Å². The third kappa shape index (κ3) is 2.00. The number of hydrogen-bond acceptors (Lipinski definition) is 4. The van der Waals surface area contributed by atoms with Crippen LogP contribution in [0.15, 0.2) is 4.79 Å². The molecule has 3 rings (SSSR count). The first-order valence-electron chi connectivity index (χ1n) is 6.02. The number of rotatable bonds is 3. The van der Waals surface area contributed by atoms with Gasteiger partial charge in [-0.25, -0.2) is 4.98 Å². The normalized spacial score (nSPS) is 21.0. The van der Waals surface area contributed by atoms with Crippen LogP contribution >= 0.6 is 0 Å². The van der Waals surface area contributed by atoms with Crippen molar-refractivity contribution in [3.05, 3.63) is 27.4 Å². The lowest BCUT2D eigenvalue weighted by Crippen LogP contribution is -2.27. The zero-order chi connectivity index (χ0) is 11.8. The Morgan fingerprint density at radius 1 is 1.53 bits per heavy atom. The Bertz CT molecular complexity index is 479. The molecule has 1 aromatic rings. The zero-order valence-electron chi connectivity index (χ0n) is 9.86. The van der Waals surface area contributed by atoms with Crippen LogP contribution in [0.1, 0.15) is 36.0 Å². The maximum atomic E-state index is 11.9. The monoisotopic (exact) mass is 236 g/mol. The van der Waals surface area contributed by atoms with Crippen LogP contribution in [-0.4, -0.2) is 23.7 Å². The number of nitrogens with one attached hydrogen (secondary N) is 1. The van der Waals surface area contributed by atoms with Gasteiger partial charge in [-0.05, 0) is 18.8 Å². The van der Waals surface area contributed by atoms with E-state index in [9.17, 15) is 4.79 Å². The standard InChI is InChI=1S/C12H16N2O3/c1-16-10(7-2-3-7)11-13-9-4-5-17-6-8(9)12(15)14-11/h7,10H,2-6H2,1H3,(H,13,14,15). The first-order valence-corrected chi connectivity index (χ1v) is 6.02. The van der Waals surface area contributed by atoms with Crippen LogP contribution in [0.3, 0.4) is 0 Å². The van der Waals surface area contributed by atoms with E-state index in [1.165, 1.54) is 0 Å². The highest BCUT2D eigenvalue weighted by molar-refractivity contribution is 5.20. The van der Waals surface area contributed by atoms with E-state index in [0.29, 0.717) is 36.9 Å². The lowest BCUT2D eigenvalue weighted by Gasteiger charge is -2.18. The Kier molecular flexibility index (Phi) is 2.72. The third-order valence-corrected chi connectivity index (χ3v) is 3.42. The van der Waals surface area contributed by atoms with Crippen molar-refractivity contribution in [1.82, 2.24) is 9.97 Å². The average molecular weight is 236 g/mol. The summed E-state index contributed by atoms with van der Waals surface area (Å²) in [6.45, 7) is 1.02.